The highest BCUT2D eigenvalue weighted by Crippen LogP contribution is 2.37. The number of aromatic amines is 1. The van der Waals surface area contributed by atoms with E-state index in [-0.39, 0.29) is 28.0 Å². The predicted molar refractivity (Wildman–Crippen MR) is 152 cm³/mol. The van der Waals surface area contributed by atoms with Crippen LogP contribution in [-0.2, 0) is 5.41 Å². The van der Waals surface area contributed by atoms with Crippen molar-refractivity contribution in [2.24, 2.45) is 11.3 Å². The number of carbonyl (C=O) groups excluding carboxylic acids is 2. The van der Waals surface area contributed by atoms with Gasteiger partial charge in [-0.05, 0) is 54.0 Å². The van der Waals surface area contributed by atoms with Gasteiger partial charge in [-0.3, -0.25) is 14.7 Å². The minimum absolute atomic E-state index is 0.0183. The Labute approximate surface area is 237 Å². The number of likely N-dealkylation sites (tertiary alicyclic amines) is 1. The quantitative estimate of drug-likeness (QED) is 0.291. The number of Topliss-reactive ketones (excluding diaryl/α,β-unsaturated/α-hetero) is 1. The van der Waals surface area contributed by atoms with Gasteiger partial charge in [-0.1, -0.05) is 52.6 Å². The van der Waals surface area contributed by atoms with Gasteiger partial charge in [0.05, 0.1) is 16.9 Å². The number of nitrogens with one attached hydrogen (secondary N) is 1. The van der Waals surface area contributed by atoms with Crippen molar-refractivity contribution in [3.63, 3.8) is 0 Å². The number of hydrogen-bond donors (Lipinski definition) is 1. The van der Waals surface area contributed by atoms with E-state index < -0.39 is 11.2 Å². The van der Waals surface area contributed by atoms with Crippen LogP contribution in [0.1, 0.15) is 80.4 Å². The number of imidazole rings is 1. The number of carbonyl (C=O) groups is 2. The third-order valence-electron chi connectivity index (χ3n) is 7.75. The molecule has 1 N–H and O–H groups in total. The minimum atomic E-state index is -0.496. The smallest absolute Gasteiger partial charge is 0.271 e. The maximum absolute atomic E-state index is 14.1. The van der Waals surface area contributed by atoms with Gasteiger partial charge in [0.2, 0.25) is 0 Å². The Morgan fingerprint density at radius 3 is 2.60 bits per heavy atom. The maximum atomic E-state index is 14.1. The summed E-state index contributed by atoms with van der Waals surface area (Å²) in [4.78, 5) is 33.8. The van der Waals surface area contributed by atoms with Crippen molar-refractivity contribution in [1.29, 1.82) is 0 Å². The van der Waals surface area contributed by atoms with E-state index >= 15 is 0 Å². The Kier molecular flexibility index (Phi) is 7.29. The van der Waals surface area contributed by atoms with E-state index in [0.29, 0.717) is 47.8 Å². The van der Waals surface area contributed by atoms with Gasteiger partial charge in [-0.25, -0.2) is 13.9 Å². The summed E-state index contributed by atoms with van der Waals surface area (Å²) < 4.78 is 15.5. The van der Waals surface area contributed by atoms with Crippen molar-refractivity contribution < 1.29 is 14.0 Å². The molecule has 0 bridgehead atoms. The summed E-state index contributed by atoms with van der Waals surface area (Å²) in [6.45, 7) is 11.4. The number of rotatable bonds is 4. The van der Waals surface area contributed by atoms with Crippen LogP contribution in [0.25, 0.3) is 16.9 Å². The summed E-state index contributed by atoms with van der Waals surface area (Å²) in [7, 11) is 0. The van der Waals surface area contributed by atoms with Gasteiger partial charge in [-0.15, -0.1) is 0 Å². The summed E-state index contributed by atoms with van der Waals surface area (Å²) in [6, 6.07) is 8.10. The summed E-state index contributed by atoms with van der Waals surface area (Å²) in [5, 5.41) is 11.4. The van der Waals surface area contributed by atoms with Crippen molar-refractivity contribution in [3.05, 3.63) is 70.5 Å². The van der Waals surface area contributed by atoms with E-state index in [9.17, 15) is 14.0 Å². The van der Waals surface area contributed by atoms with Crippen LogP contribution in [0, 0.1) is 17.2 Å². The summed E-state index contributed by atoms with van der Waals surface area (Å²) in [6.07, 6.45) is 5.59. The van der Waals surface area contributed by atoms with E-state index in [1.165, 1.54) is 6.07 Å². The molecule has 4 heterocycles. The molecule has 8 nitrogen and oxygen atoms in total. The van der Waals surface area contributed by atoms with Crippen LogP contribution >= 0.6 is 11.6 Å². The van der Waals surface area contributed by atoms with Crippen LogP contribution in [0.5, 0.6) is 0 Å². The van der Waals surface area contributed by atoms with Crippen LogP contribution in [0.3, 0.4) is 0 Å². The van der Waals surface area contributed by atoms with Gasteiger partial charge in [0.1, 0.15) is 17.2 Å². The van der Waals surface area contributed by atoms with E-state index in [1.807, 2.05) is 24.8 Å². The lowest BCUT2D eigenvalue weighted by molar-refractivity contribution is 0.0484. The Balaban J connectivity index is 1.51. The van der Waals surface area contributed by atoms with Crippen molar-refractivity contribution >= 4 is 28.9 Å². The van der Waals surface area contributed by atoms with Crippen molar-refractivity contribution in [1.82, 2.24) is 29.7 Å². The van der Waals surface area contributed by atoms with Crippen molar-refractivity contribution in [2.75, 3.05) is 13.1 Å². The molecule has 1 amide bonds. The zero-order chi connectivity index (χ0) is 28.8. The molecule has 1 atom stereocenters. The third-order valence-corrected chi connectivity index (χ3v) is 8.04. The number of halogens is 2. The zero-order valence-corrected chi connectivity index (χ0v) is 24.2. The van der Waals surface area contributed by atoms with Gasteiger partial charge in [-0.2, -0.15) is 10.2 Å². The first kappa shape index (κ1) is 28.0. The second-order valence-electron chi connectivity index (χ2n) is 12.3. The molecule has 1 saturated heterocycles. The van der Waals surface area contributed by atoms with Gasteiger partial charge in [0.15, 0.2) is 11.4 Å². The van der Waals surface area contributed by atoms with E-state index in [2.05, 4.69) is 31.0 Å². The van der Waals surface area contributed by atoms with Crippen LogP contribution in [0.15, 0.2) is 42.7 Å². The van der Waals surface area contributed by atoms with Crippen LogP contribution in [0.2, 0.25) is 5.02 Å². The van der Waals surface area contributed by atoms with E-state index in [0.717, 1.165) is 18.4 Å². The lowest BCUT2D eigenvalue weighted by atomic mass is 9.72. The first-order valence-corrected chi connectivity index (χ1v) is 13.9. The van der Waals surface area contributed by atoms with Crippen LogP contribution < -0.4 is 0 Å². The topological polar surface area (TPSA) is 96.3 Å². The monoisotopic (exact) mass is 564 g/mol. The highest BCUT2D eigenvalue weighted by molar-refractivity contribution is 6.31. The van der Waals surface area contributed by atoms with Gasteiger partial charge in [0, 0.05) is 36.3 Å². The molecule has 10 heteroatoms. The number of nitrogens with zero attached hydrogens (tertiary/aromatic N) is 5. The molecule has 1 aliphatic heterocycles. The molecule has 4 aromatic rings. The number of hydrogen-bond acceptors (Lipinski definition) is 5. The first-order valence-electron chi connectivity index (χ1n) is 13.5. The predicted octanol–water partition coefficient (Wildman–Crippen LogP) is 6.36. The Morgan fingerprint density at radius 2 is 1.93 bits per heavy atom. The lowest BCUT2D eigenvalue weighted by Crippen LogP contribution is -2.46. The molecule has 1 fully saturated rings. The number of aromatic nitrogens is 5. The van der Waals surface area contributed by atoms with Crippen LogP contribution in [-0.4, -0.2) is 54.5 Å². The zero-order valence-electron chi connectivity index (χ0n) is 23.5. The number of fused-ring (bicyclic) bond motifs is 1. The Morgan fingerprint density at radius 1 is 1.15 bits per heavy atom. The molecule has 1 unspecified atom stereocenters. The largest absolute Gasteiger partial charge is 0.337 e. The average molecular weight is 565 g/mol. The van der Waals surface area contributed by atoms with Gasteiger partial charge in [0.25, 0.3) is 5.91 Å². The minimum Gasteiger partial charge on any atom is -0.337 e. The van der Waals surface area contributed by atoms with Crippen LogP contribution in [0.4, 0.5) is 4.39 Å². The molecule has 5 rings (SSSR count). The second kappa shape index (κ2) is 10.4. The van der Waals surface area contributed by atoms with E-state index in [1.54, 1.807) is 35.1 Å². The second-order valence-corrected chi connectivity index (χ2v) is 12.7. The first-order chi connectivity index (χ1) is 18.8. The molecule has 0 saturated carbocycles. The molecular weight excluding hydrogens is 531 g/mol. The molecule has 1 aliphatic rings. The molecule has 1 aromatic carbocycles. The summed E-state index contributed by atoms with van der Waals surface area (Å²) >= 11 is 6.06. The lowest BCUT2D eigenvalue weighted by Gasteiger charge is -2.39. The number of benzene rings is 1. The Bertz CT molecular complexity index is 1570. The molecular formula is C30H34ClFN6O2. The number of H-pyrrole nitrogens is 1. The normalized spacial score (nSPS) is 18.0. The fraction of sp³-hybridized carbons (Fsp3) is 0.433. The molecule has 0 radical (unpaired) electrons. The fourth-order valence-electron chi connectivity index (χ4n) is 5.55. The SMILES string of the molecule is CC(C)(C)c1cc(-c2ccc(F)c(Cl)c2)nn2cc(C(=O)C3CCCCN(C(=O)c4ccn[nH]4)CC3(C)C)nc12. The summed E-state index contributed by atoms with van der Waals surface area (Å²) in [5.41, 5.74) is 2.79. The van der Waals surface area contributed by atoms with Crippen molar-refractivity contribution in [3.8, 4) is 11.3 Å². The highest BCUT2D eigenvalue weighted by atomic mass is 35.5. The van der Waals surface area contributed by atoms with Gasteiger partial charge >= 0.3 is 0 Å². The van der Waals surface area contributed by atoms with E-state index in [4.69, 9.17) is 21.7 Å². The van der Waals surface area contributed by atoms with Crippen molar-refractivity contribution in [2.45, 2.75) is 59.3 Å². The number of amides is 1. The molecule has 40 heavy (non-hydrogen) atoms. The highest BCUT2D eigenvalue weighted by Gasteiger charge is 2.40. The summed E-state index contributed by atoms with van der Waals surface area (Å²) in [5.74, 6) is -0.996. The Hall–Kier alpha value is -3.59. The molecule has 3 aromatic heterocycles. The average Bonchev–Trinajstić information content (AvgIpc) is 3.56. The number of ketones is 1. The fourth-order valence-corrected chi connectivity index (χ4v) is 5.73. The molecule has 0 aliphatic carbocycles. The molecule has 0 spiro atoms. The standard InChI is InChI=1S/C30H34ClFN6O2/c1-29(2,3)20-15-24(18-9-10-22(32)21(31)14-18)36-38-16-25(34-27(20)38)26(39)19-8-6-7-13-37(17-30(19,4)5)28(40)23-11-12-33-35-23/h9-12,14-16,19H,6-8,13,17H2,1-5H3,(H,33,35). The maximum Gasteiger partial charge on any atom is 0.271 e. The van der Waals surface area contributed by atoms with Gasteiger partial charge < -0.3 is 4.90 Å². The third kappa shape index (κ3) is 5.39. The molecule has 210 valence electrons.